The molecule has 0 saturated carbocycles. The second-order valence-electron chi connectivity index (χ2n) is 2.19. The van der Waals surface area contributed by atoms with Crippen LogP contribution in [0.15, 0.2) is 9.66 Å². The van der Waals surface area contributed by atoms with Crippen molar-refractivity contribution in [2.75, 3.05) is 0 Å². The van der Waals surface area contributed by atoms with Gasteiger partial charge in [-0.3, -0.25) is 0 Å². The van der Waals surface area contributed by atoms with Crippen LogP contribution in [0.3, 0.4) is 0 Å². The normalized spacial score (nSPS) is 12.1. The summed E-state index contributed by atoms with van der Waals surface area (Å²) in [6.07, 6.45) is 7.40. The Balaban J connectivity index is 3.30. The van der Waals surface area contributed by atoms with Crippen LogP contribution in [0.5, 0.6) is 0 Å². The highest BCUT2D eigenvalue weighted by Crippen LogP contribution is 2.14. The lowest BCUT2D eigenvalue weighted by molar-refractivity contribution is 0.917. The third kappa shape index (κ3) is 6.35. The molecule has 0 radical (unpaired) electrons. The zero-order valence-corrected chi connectivity index (χ0v) is 8.44. The number of hydrogen-bond acceptors (Lipinski definition) is 0. The predicted molar refractivity (Wildman–Crippen MR) is 51.9 cm³/mol. The highest BCUT2D eigenvalue weighted by atomic mass is 127. The monoisotopic (exact) mass is 238 g/mol. The van der Waals surface area contributed by atoms with Gasteiger partial charge < -0.3 is 0 Å². The highest BCUT2D eigenvalue weighted by molar-refractivity contribution is 14.1. The summed E-state index contributed by atoms with van der Waals surface area (Å²) in [5.74, 6) is 0. The maximum absolute atomic E-state index is 2.43. The molecule has 9 heavy (non-hydrogen) atoms. The van der Waals surface area contributed by atoms with Gasteiger partial charge in [-0.05, 0) is 39.0 Å². The first-order chi connectivity index (χ1) is 4.31. The molecule has 0 heterocycles. The molecular formula is C8H15I. The quantitative estimate of drug-likeness (QED) is 0.651. The smallest absolute Gasteiger partial charge is 0.0134 e. The van der Waals surface area contributed by atoms with Crippen LogP contribution in [0, 0.1) is 0 Å². The van der Waals surface area contributed by atoms with E-state index in [9.17, 15) is 0 Å². The molecule has 0 nitrogen and oxygen atoms in total. The molecule has 0 bridgehead atoms. The molecule has 54 valence electrons. The Kier molecular flexibility index (Phi) is 6.93. The van der Waals surface area contributed by atoms with Gasteiger partial charge in [0.05, 0.1) is 0 Å². The summed E-state index contributed by atoms with van der Waals surface area (Å²) in [7, 11) is 0. The summed E-state index contributed by atoms with van der Waals surface area (Å²) in [5, 5.41) is 0. The summed E-state index contributed by atoms with van der Waals surface area (Å²) in [5.41, 5.74) is 0. The molecule has 0 aromatic carbocycles. The Bertz CT molecular complexity index is 84.6. The van der Waals surface area contributed by atoms with Crippen molar-refractivity contribution in [3.05, 3.63) is 9.66 Å². The van der Waals surface area contributed by atoms with E-state index in [0.717, 1.165) is 0 Å². The van der Waals surface area contributed by atoms with Gasteiger partial charge in [-0.25, -0.2) is 0 Å². The fourth-order valence-corrected chi connectivity index (χ4v) is 1.49. The maximum Gasteiger partial charge on any atom is -0.0134 e. The number of rotatable bonds is 4. The summed E-state index contributed by atoms with van der Waals surface area (Å²) >= 11 is 2.43. The van der Waals surface area contributed by atoms with Gasteiger partial charge in [-0.2, -0.15) is 0 Å². The lowest BCUT2D eigenvalue weighted by Crippen LogP contribution is -1.70. The molecule has 0 N–H and O–H groups in total. The van der Waals surface area contributed by atoms with Gasteiger partial charge in [0.25, 0.3) is 0 Å². The third-order valence-corrected chi connectivity index (χ3v) is 2.12. The van der Waals surface area contributed by atoms with Crippen LogP contribution in [0.4, 0.5) is 0 Å². The van der Waals surface area contributed by atoms with Gasteiger partial charge in [0, 0.05) is 0 Å². The van der Waals surface area contributed by atoms with Crippen molar-refractivity contribution in [3.8, 4) is 0 Å². The van der Waals surface area contributed by atoms with E-state index in [2.05, 4.69) is 42.5 Å². The summed E-state index contributed by atoms with van der Waals surface area (Å²) in [6.45, 7) is 4.44. The van der Waals surface area contributed by atoms with Crippen molar-refractivity contribution in [1.29, 1.82) is 0 Å². The topological polar surface area (TPSA) is 0 Å². The third-order valence-electron chi connectivity index (χ3n) is 1.14. The molecular weight excluding hydrogens is 223 g/mol. The second-order valence-corrected chi connectivity index (χ2v) is 3.58. The zero-order chi connectivity index (χ0) is 7.11. The molecule has 0 fully saturated rings. The van der Waals surface area contributed by atoms with Crippen molar-refractivity contribution in [3.63, 3.8) is 0 Å². The Labute approximate surface area is 71.9 Å². The van der Waals surface area contributed by atoms with Crippen LogP contribution >= 0.6 is 22.6 Å². The SMILES string of the molecule is CCCC=C(I)CCC. The van der Waals surface area contributed by atoms with E-state index in [4.69, 9.17) is 0 Å². The first kappa shape index (κ1) is 9.47. The van der Waals surface area contributed by atoms with E-state index in [1.807, 2.05) is 0 Å². The minimum atomic E-state index is 1.25. The van der Waals surface area contributed by atoms with Crippen molar-refractivity contribution in [2.45, 2.75) is 39.5 Å². The minimum absolute atomic E-state index is 1.25. The molecule has 0 aromatic rings. The molecule has 0 rings (SSSR count). The van der Waals surface area contributed by atoms with Crippen LogP contribution in [-0.4, -0.2) is 0 Å². The average molecular weight is 238 g/mol. The molecule has 0 amide bonds. The first-order valence-electron chi connectivity index (χ1n) is 3.65. The molecule has 0 atom stereocenters. The van der Waals surface area contributed by atoms with E-state index < -0.39 is 0 Å². The van der Waals surface area contributed by atoms with E-state index >= 15 is 0 Å². The van der Waals surface area contributed by atoms with E-state index in [1.54, 1.807) is 0 Å². The van der Waals surface area contributed by atoms with Gasteiger partial charge in [0.1, 0.15) is 0 Å². The predicted octanol–water partition coefficient (Wildman–Crippen LogP) is 3.91. The Hall–Kier alpha value is 0.470. The van der Waals surface area contributed by atoms with Crippen molar-refractivity contribution in [2.24, 2.45) is 0 Å². The number of unbranched alkanes of at least 4 members (excludes halogenated alkanes) is 1. The lowest BCUT2D eigenvalue weighted by Gasteiger charge is -1.92. The molecule has 0 aliphatic rings. The average Bonchev–Trinajstić information content (AvgIpc) is 1.85. The van der Waals surface area contributed by atoms with Gasteiger partial charge in [-0.15, -0.1) is 0 Å². The van der Waals surface area contributed by atoms with Crippen LogP contribution < -0.4 is 0 Å². The summed E-state index contributed by atoms with van der Waals surface area (Å²) in [6, 6.07) is 0. The number of allylic oxidation sites excluding steroid dienone is 2. The van der Waals surface area contributed by atoms with Gasteiger partial charge in [0.15, 0.2) is 0 Å². The zero-order valence-electron chi connectivity index (χ0n) is 6.28. The standard InChI is InChI=1S/C8H15I/c1-3-5-7-8(9)6-4-2/h7H,3-6H2,1-2H3. The second kappa shape index (κ2) is 6.59. The van der Waals surface area contributed by atoms with Crippen LogP contribution in [0.2, 0.25) is 0 Å². The molecule has 0 unspecified atom stereocenters. The van der Waals surface area contributed by atoms with Crippen LogP contribution in [-0.2, 0) is 0 Å². The van der Waals surface area contributed by atoms with Crippen LogP contribution in [0.25, 0.3) is 0 Å². The first-order valence-corrected chi connectivity index (χ1v) is 4.73. The Morgan fingerprint density at radius 3 is 2.44 bits per heavy atom. The summed E-state index contributed by atoms with van der Waals surface area (Å²) < 4.78 is 1.52. The Morgan fingerprint density at radius 2 is 2.00 bits per heavy atom. The van der Waals surface area contributed by atoms with E-state index in [0.29, 0.717) is 0 Å². The molecule has 0 spiro atoms. The molecule has 0 aromatic heterocycles. The maximum atomic E-state index is 2.43. The molecule has 0 saturated heterocycles. The van der Waals surface area contributed by atoms with Crippen molar-refractivity contribution in [1.82, 2.24) is 0 Å². The lowest BCUT2D eigenvalue weighted by atomic mass is 10.2. The molecule has 0 aliphatic carbocycles. The van der Waals surface area contributed by atoms with Gasteiger partial charge in [-0.1, -0.05) is 32.8 Å². The molecule has 0 aliphatic heterocycles. The van der Waals surface area contributed by atoms with E-state index in [1.165, 1.54) is 29.3 Å². The van der Waals surface area contributed by atoms with Gasteiger partial charge in [0.2, 0.25) is 0 Å². The van der Waals surface area contributed by atoms with Crippen LogP contribution in [0.1, 0.15) is 39.5 Å². The van der Waals surface area contributed by atoms with Crippen molar-refractivity contribution >= 4 is 22.6 Å². The fourth-order valence-electron chi connectivity index (χ4n) is 0.642. The van der Waals surface area contributed by atoms with Crippen molar-refractivity contribution < 1.29 is 0 Å². The molecule has 1 heteroatoms. The van der Waals surface area contributed by atoms with E-state index in [-0.39, 0.29) is 0 Å². The summed E-state index contributed by atoms with van der Waals surface area (Å²) in [4.78, 5) is 0. The Morgan fingerprint density at radius 1 is 1.33 bits per heavy atom. The number of hydrogen-bond donors (Lipinski definition) is 0. The van der Waals surface area contributed by atoms with Gasteiger partial charge >= 0.3 is 0 Å². The minimum Gasteiger partial charge on any atom is -0.0752 e. The number of halogens is 1. The fraction of sp³-hybridized carbons (Fsp3) is 0.750. The largest absolute Gasteiger partial charge is 0.0752 e. The highest BCUT2D eigenvalue weighted by Gasteiger charge is 1.86.